The van der Waals surface area contributed by atoms with Crippen LogP contribution in [0.25, 0.3) is 78.1 Å². The molecule has 0 radical (unpaired) electrons. The standard InChI is InChI=1S/C42H28N4.C5H4/c1-3-9-31(10-4-1)39-40(32-11-5-2-6-12-32)46-42-38(36-16-8-14-34(28-36)30-21-25-44-26-22-30)18-17-37(41(42)45-39)35-15-7-13-33(27-35)29-19-23-43-24-20-29;1-3-5-4-2/h1-28H;1H,2H3. The normalized spacial score (nSPS) is 10.3. The predicted octanol–water partition coefficient (Wildman–Crippen LogP) is 11.1. The van der Waals surface area contributed by atoms with Crippen LogP contribution in [0.5, 0.6) is 0 Å². The minimum absolute atomic E-state index is 0.855. The van der Waals surface area contributed by atoms with E-state index in [4.69, 9.17) is 16.4 Å². The van der Waals surface area contributed by atoms with Gasteiger partial charge in [0, 0.05) is 47.0 Å². The Labute approximate surface area is 298 Å². The quantitative estimate of drug-likeness (QED) is 0.168. The van der Waals surface area contributed by atoms with Crippen LogP contribution >= 0.6 is 0 Å². The maximum atomic E-state index is 5.49. The van der Waals surface area contributed by atoms with Gasteiger partial charge in [0.25, 0.3) is 0 Å². The Kier molecular flexibility index (Phi) is 9.78. The molecule has 0 unspecified atom stereocenters. The van der Waals surface area contributed by atoms with Crippen molar-refractivity contribution in [3.8, 4) is 91.2 Å². The maximum absolute atomic E-state index is 5.49. The molecule has 0 aliphatic heterocycles. The Bertz CT molecular complexity index is 2360. The van der Waals surface area contributed by atoms with Gasteiger partial charge in [-0.3, -0.25) is 9.97 Å². The predicted molar refractivity (Wildman–Crippen MR) is 210 cm³/mol. The number of fused-ring (bicyclic) bond motifs is 1. The monoisotopic (exact) mass is 652 g/mol. The highest BCUT2D eigenvalue weighted by Gasteiger charge is 2.19. The van der Waals surface area contributed by atoms with E-state index in [1.165, 1.54) is 0 Å². The van der Waals surface area contributed by atoms with Crippen LogP contribution in [0.2, 0.25) is 0 Å². The van der Waals surface area contributed by atoms with Gasteiger partial charge >= 0.3 is 0 Å². The second-order valence-electron chi connectivity index (χ2n) is 11.7. The van der Waals surface area contributed by atoms with Crippen molar-refractivity contribution >= 4 is 11.0 Å². The van der Waals surface area contributed by atoms with Gasteiger partial charge in [0.2, 0.25) is 0 Å². The second kappa shape index (κ2) is 15.4. The summed E-state index contributed by atoms with van der Waals surface area (Å²) in [6, 6.07) is 50.4. The van der Waals surface area contributed by atoms with Gasteiger partial charge in [-0.05, 0) is 88.5 Å². The van der Waals surface area contributed by atoms with Crippen molar-refractivity contribution in [2.75, 3.05) is 0 Å². The number of nitrogens with zero attached hydrogens (tertiary/aromatic N) is 4. The molecule has 51 heavy (non-hydrogen) atoms. The number of rotatable bonds is 6. The number of benzene rings is 5. The van der Waals surface area contributed by atoms with Crippen LogP contribution in [0.15, 0.2) is 170 Å². The molecule has 4 nitrogen and oxygen atoms in total. The van der Waals surface area contributed by atoms with E-state index >= 15 is 0 Å². The van der Waals surface area contributed by atoms with Gasteiger partial charge < -0.3 is 0 Å². The lowest BCUT2D eigenvalue weighted by Gasteiger charge is -2.16. The highest BCUT2D eigenvalue weighted by molar-refractivity contribution is 6.03. The molecular formula is C47H32N4. The number of hydrogen-bond donors (Lipinski definition) is 0. The Morgan fingerprint density at radius 2 is 0.804 bits per heavy atom. The van der Waals surface area contributed by atoms with Crippen molar-refractivity contribution in [3.63, 3.8) is 0 Å². The zero-order valence-corrected chi connectivity index (χ0v) is 28.0. The lowest BCUT2D eigenvalue weighted by molar-refractivity contribution is 1.29. The van der Waals surface area contributed by atoms with E-state index < -0.39 is 0 Å². The second-order valence-corrected chi connectivity index (χ2v) is 11.7. The molecule has 0 saturated heterocycles. The summed E-state index contributed by atoms with van der Waals surface area (Å²) in [4.78, 5) is 19.4. The summed E-state index contributed by atoms with van der Waals surface area (Å²) in [6.07, 6.45) is 12.0. The van der Waals surface area contributed by atoms with Gasteiger partial charge in [0.05, 0.1) is 22.4 Å². The van der Waals surface area contributed by atoms with Crippen LogP contribution in [-0.2, 0) is 0 Å². The number of pyridine rings is 2. The van der Waals surface area contributed by atoms with Gasteiger partial charge in [-0.15, -0.1) is 6.42 Å². The molecule has 0 bridgehead atoms. The highest BCUT2D eigenvalue weighted by Crippen LogP contribution is 2.40. The Morgan fingerprint density at radius 1 is 0.412 bits per heavy atom. The summed E-state index contributed by atoms with van der Waals surface area (Å²) >= 11 is 0. The molecule has 0 aliphatic carbocycles. The Hall–Kier alpha value is -7.14. The topological polar surface area (TPSA) is 51.6 Å². The van der Waals surface area contributed by atoms with Crippen LogP contribution in [-0.4, -0.2) is 19.9 Å². The summed E-state index contributed by atoms with van der Waals surface area (Å²) in [5, 5.41) is 0. The molecule has 0 spiro atoms. The summed E-state index contributed by atoms with van der Waals surface area (Å²) in [6.45, 7) is 1.71. The van der Waals surface area contributed by atoms with E-state index in [2.05, 4.69) is 137 Å². The SMILES string of the molecule is C#CC#CC.c1ccc(-c2nc3c(-c4cccc(-c5ccncc5)c4)ccc(-c4cccc(-c5ccncc5)c4)c3nc2-c2ccccc2)cc1. The van der Waals surface area contributed by atoms with Crippen LogP contribution in [0.1, 0.15) is 6.92 Å². The minimum atomic E-state index is 0.855. The van der Waals surface area contributed by atoms with Crippen molar-refractivity contribution in [1.29, 1.82) is 0 Å². The molecule has 0 fully saturated rings. The van der Waals surface area contributed by atoms with Crippen molar-refractivity contribution in [1.82, 2.24) is 19.9 Å². The van der Waals surface area contributed by atoms with E-state index in [9.17, 15) is 0 Å². The third kappa shape index (κ3) is 7.18. The molecule has 0 atom stereocenters. The van der Waals surface area contributed by atoms with Crippen LogP contribution in [0.4, 0.5) is 0 Å². The van der Waals surface area contributed by atoms with Crippen molar-refractivity contribution in [2.24, 2.45) is 0 Å². The number of terminal acetylenes is 1. The van der Waals surface area contributed by atoms with E-state index in [1.807, 2.05) is 61.2 Å². The maximum Gasteiger partial charge on any atom is 0.0979 e. The molecule has 0 amide bonds. The van der Waals surface area contributed by atoms with Crippen molar-refractivity contribution in [2.45, 2.75) is 6.92 Å². The van der Waals surface area contributed by atoms with Crippen LogP contribution in [0, 0.1) is 24.2 Å². The van der Waals surface area contributed by atoms with Crippen molar-refractivity contribution in [3.05, 3.63) is 170 Å². The van der Waals surface area contributed by atoms with E-state index in [1.54, 1.807) is 6.92 Å². The first-order chi connectivity index (χ1) is 25.2. The Balaban J connectivity index is 0.000000761. The number of aromatic nitrogens is 4. The summed E-state index contributed by atoms with van der Waals surface area (Å²) in [5.41, 5.74) is 14.2. The van der Waals surface area contributed by atoms with Gasteiger partial charge in [0.15, 0.2) is 0 Å². The summed E-state index contributed by atoms with van der Waals surface area (Å²) in [7, 11) is 0. The molecule has 4 heteroatoms. The molecule has 0 N–H and O–H groups in total. The van der Waals surface area contributed by atoms with E-state index in [0.29, 0.717) is 0 Å². The van der Waals surface area contributed by atoms with Crippen LogP contribution in [0.3, 0.4) is 0 Å². The largest absolute Gasteiger partial charge is 0.265 e. The van der Waals surface area contributed by atoms with Crippen molar-refractivity contribution < 1.29 is 0 Å². The summed E-state index contributed by atoms with van der Waals surface area (Å²) in [5.74, 6) is 7.08. The average Bonchev–Trinajstić information content (AvgIpc) is 3.22. The highest BCUT2D eigenvalue weighted by atomic mass is 14.8. The van der Waals surface area contributed by atoms with E-state index in [0.717, 1.165) is 78.1 Å². The fourth-order valence-electron chi connectivity index (χ4n) is 6.09. The van der Waals surface area contributed by atoms with Gasteiger partial charge in [-0.1, -0.05) is 115 Å². The van der Waals surface area contributed by atoms with Crippen LogP contribution < -0.4 is 0 Å². The fraction of sp³-hybridized carbons (Fsp3) is 0.0213. The molecule has 0 aliphatic rings. The fourth-order valence-corrected chi connectivity index (χ4v) is 6.09. The summed E-state index contributed by atoms with van der Waals surface area (Å²) < 4.78 is 0. The smallest absolute Gasteiger partial charge is 0.0979 e. The first kappa shape index (κ1) is 32.4. The molecule has 8 rings (SSSR count). The first-order valence-corrected chi connectivity index (χ1v) is 16.6. The minimum Gasteiger partial charge on any atom is -0.265 e. The lowest BCUT2D eigenvalue weighted by Crippen LogP contribution is -1.99. The van der Waals surface area contributed by atoms with Gasteiger partial charge in [0.1, 0.15) is 0 Å². The molecular weight excluding hydrogens is 621 g/mol. The third-order valence-electron chi connectivity index (χ3n) is 8.49. The Morgan fingerprint density at radius 3 is 1.18 bits per heavy atom. The van der Waals surface area contributed by atoms with Gasteiger partial charge in [-0.2, -0.15) is 0 Å². The lowest BCUT2D eigenvalue weighted by atomic mass is 9.93. The molecule has 3 aromatic heterocycles. The average molecular weight is 653 g/mol. The molecule has 8 aromatic rings. The zero-order valence-electron chi connectivity index (χ0n) is 28.0. The third-order valence-corrected chi connectivity index (χ3v) is 8.49. The molecule has 3 heterocycles. The zero-order chi connectivity index (χ0) is 34.8. The van der Waals surface area contributed by atoms with E-state index in [-0.39, 0.29) is 0 Å². The molecule has 240 valence electrons. The van der Waals surface area contributed by atoms with Gasteiger partial charge in [-0.25, -0.2) is 9.97 Å². The molecule has 5 aromatic carbocycles. The number of hydrogen-bond acceptors (Lipinski definition) is 4. The molecule has 0 saturated carbocycles. The first-order valence-electron chi connectivity index (χ1n) is 16.6.